The Bertz CT molecular complexity index is 431. The molecule has 0 amide bonds. The molecular weight excluding hydrogens is 279 g/mol. The summed E-state index contributed by atoms with van der Waals surface area (Å²) in [5.74, 6) is 0.758. The maximum Gasteiger partial charge on any atom is 0.417 e. The molecule has 1 aliphatic rings. The first-order valence-corrected chi connectivity index (χ1v) is 6.52. The zero-order valence-electron chi connectivity index (χ0n) is 10.2. The lowest BCUT2D eigenvalue weighted by atomic mass is 10.00. The van der Waals surface area contributed by atoms with Gasteiger partial charge in [-0.05, 0) is 37.9 Å². The lowest BCUT2D eigenvalue weighted by molar-refractivity contribution is -0.137. The van der Waals surface area contributed by atoms with Gasteiger partial charge >= 0.3 is 6.18 Å². The van der Waals surface area contributed by atoms with Crippen molar-refractivity contribution in [1.29, 1.82) is 0 Å². The molecule has 7 heteroatoms. The Morgan fingerprint density at radius 3 is 2.84 bits per heavy atom. The van der Waals surface area contributed by atoms with Crippen LogP contribution in [0.3, 0.4) is 0 Å². The first-order chi connectivity index (χ1) is 8.97. The van der Waals surface area contributed by atoms with Gasteiger partial charge in [0.25, 0.3) is 0 Å². The summed E-state index contributed by atoms with van der Waals surface area (Å²) in [7, 11) is 0. The van der Waals surface area contributed by atoms with E-state index in [1.807, 2.05) is 0 Å². The molecule has 0 spiro atoms. The van der Waals surface area contributed by atoms with Crippen LogP contribution in [0.5, 0.6) is 0 Å². The molecule has 1 aromatic rings. The van der Waals surface area contributed by atoms with Gasteiger partial charge in [-0.2, -0.15) is 13.2 Å². The smallest absolute Gasteiger partial charge is 0.369 e. The van der Waals surface area contributed by atoms with Gasteiger partial charge in [-0.25, -0.2) is 4.98 Å². The van der Waals surface area contributed by atoms with E-state index in [1.54, 1.807) is 0 Å². The van der Waals surface area contributed by atoms with Crippen molar-refractivity contribution in [3.05, 3.63) is 22.8 Å². The van der Waals surface area contributed by atoms with E-state index in [1.165, 1.54) is 0 Å². The van der Waals surface area contributed by atoms with Crippen LogP contribution < -0.4 is 10.6 Å². The van der Waals surface area contributed by atoms with E-state index in [2.05, 4.69) is 15.6 Å². The molecule has 1 saturated heterocycles. The number of aromatic nitrogens is 1. The largest absolute Gasteiger partial charge is 0.417 e. The number of pyridine rings is 1. The maximum atomic E-state index is 12.4. The summed E-state index contributed by atoms with van der Waals surface area (Å²) in [5, 5.41) is 6.28. The topological polar surface area (TPSA) is 37.0 Å². The summed E-state index contributed by atoms with van der Waals surface area (Å²) in [6.45, 7) is 2.59. The molecule has 0 aromatic carbocycles. The van der Waals surface area contributed by atoms with Crippen molar-refractivity contribution in [1.82, 2.24) is 10.3 Å². The Morgan fingerprint density at radius 2 is 2.26 bits per heavy atom. The Morgan fingerprint density at radius 1 is 1.47 bits per heavy atom. The zero-order valence-corrected chi connectivity index (χ0v) is 11.0. The second-order valence-corrected chi connectivity index (χ2v) is 5.05. The van der Waals surface area contributed by atoms with Gasteiger partial charge in [0.05, 0.1) is 10.6 Å². The van der Waals surface area contributed by atoms with E-state index in [0.29, 0.717) is 18.3 Å². The summed E-state index contributed by atoms with van der Waals surface area (Å²) in [5.41, 5.74) is -0.831. The van der Waals surface area contributed by atoms with E-state index in [-0.39, 0.29) is 5.02 Å². The van der Waals surface area contributed by atoms with Crippen molar-refractivity contribution in [3.63, 3.8) is 0 Å². The maximum absolute atomic E-state index is 12.4. The predicted octanol–water partition coefficient (Wildman–Crippen LogP) is 3.17. The SMILES string of the molecule is FC(F)(F)c1cnc(NC[C@@H]2CCCNC2)c(Cl)c1. The van der Waals surface area contributed by atoms with Gasteiger partial charge in [-0.1, -0.05) is 11.6 Å². The number of piperidine rings is 1. The highest BCUT2D eigenvalue weighted by Crippen LogP contribution is 2.32. The Kier molecular flexibility index (Phi) is 4.52. The van der Waals surface area contributed by atoms with Crippen molar-refractivity contribution in [3.8, 4) is 0 Å². The number of rotatable bonds is 3. The lowest BCUT2D eigenvalue weighted by Gasteiger charge is -2.23. The summed E-state index contributed by atoms with van der Waals surface area (Å²) in [4.78, 5) is 3.75. The number of alkyl halides is 3. The van der Waals surface area contributed by atoms with Crippen LogP contribution in [-0.4, -0.2) is 24.6 Å². The number of anilines is 1. The van der Waals surface area contributed by atoms with Gasteiger partial charge in [0.1, 0.15) is 5.82 Å². The van der Waals surface area contributed by atoms with Crippen LogP contribution in [0.2, 0.25) is 5.02 Å². The molecule has 0 aliphatic carbocycles. The number of hydrogen-bond donors (Lipinski definition) is 2. The van der Waals surface area contributed by atoms with Gasteiger partial charge < -0.3 is 10.6 Å². The minimum absolute atomic E-state index is 0.00130. The van der Waals surface area contributed by atoms with Crippen LogP contribution in [0.4, 0.5) is 19.0 Å². The number of halogens is 4. The van der Waals surface area contributed by atoms with Crippen LogP contribution in [0.15, 0.2) is 12.3 Å². The molecule has 1 aromatic heterocycles. The number of hydrogen-bond acceptors (Lipinski definition) is 3. The summed E-state index contributed by atoms with van der Waals surface area (Å²) < 4.78 is 37.3. The fourth-order valence-electron chi connectivity index (χ4n) is 2.06. The van der Waals surface area contributed by atoms with Crippen molar-refractivity contribution in [2.45, 2.75) is 19.0 Å². The standard InChI is InChI=1S/C12H15ClF3N3/c13-10-4-9(12(14,15)16)7-19-11(10)18-6-8-2-1-3-17-5-8/h4,7-8,17H,1-3,5-6H2,(H,18,19)/t8-/m1/s1. The Balaban J connectivity index is 1.97. The molecular formula is C12H15ClF3N3. The highest BCUT2D eigenvalue weighted by atomic mass is 35.5. The summed E-state index contributed by atoms with van der Waals surface area (Å²) in [6, 6.07) is 0.899. The molecule has 1 atom stereocenters. The molecule has 0 saturated carbocycles. The number of nitrogens with one attached hydrogen (secondary N) is 2. The molecule has 3 nitrogen and oxygen atoms in total. The van der Waals surface area contributed by atoms with E-state index in [0.717, 1.165) is 38.2 Å². The van der Waals surface area contributed by atoms with Gasteiger partial charge in [-0.3, -0.25) is 0 Å². The quantitative estimate of drug-likeness (QED) is 0.899. The lowest BCUT2D eigenvalue weighted by Crippen LogP contribution is -2.33. The zero-order chi connectivity index (χ0) is 13.9. The first-order valence-electron chi connectivity index (χ1n) is 6.14. The highest BCUT2D eigenvalue weighted by molar-refractivity contribution is 6.32. The minimum Gasteiger partial charge on any atom is -0.369 e. The third-order valence-electron chi connectivity index (χ3n) is 3.13. The van der Waals surface area contributed by atoms with Crippen LogP contribution in [0, 0.1) is 5.92 Å². The van der Waals surface area contributed by atoms with Crippen molar-refractivity contribution >= 4 is 17.4 Å². The van der Waals surface area contributed by atoms with Gasteiger partial charge in [0, 0.05) is 12.7 Å². The van der Waals surface area contributed by atoms with Crippen molar-refractivity contribution in [2.24, 2.45) is 5.92 Å². The molecule has 106 valence electrons. The van der Waals surface area contributed by atoms with Crippen LogP contribution >= 0.6 is 11.6 Å². The van der Waals surface area contributed by atoms with E-state index >= 15 is 0 Å². The Labute approximate surface area is 114 Å². The fourth-order valence-corrected chi connectivity index (χ4v) is 2.30. The third kappa shape index (κ3) is 3.98. The molecule has 0 bridgehead atoms. The van der Waals surface area contributed by atoms with Gasteiger partial charge in [0.2, 0.25) is 0 Å². The van der Waals surface area contributed by atoms with Gasteiger partial charge in [0.15, 0.2) is 0 Å². The molecule has 0 radical (unpaired) electrons. The predicted molar refractivity (Wildman–Crippen MR) is 68.3 cm³/mol. The average molecular weight is 294 g/mol. The van der Waals surface area contributed by atoms with Crippen LogP contribution in [0.25, 0.3) is 0 Å². The second-order valence-electron chi connectivity index (χ2n) is 4.65. The molecule has 2 N–H and O–H groups in total. The van der Waals surface area contributed by atoms with E-state index in [9.17, 15) is 13.2 Å². The molecule has 2 rings (SSSR count). The molecule has 1 aliphatic heterocycles. The van der Waals surface area contributed by atoms with Crippen molar-refractivity contribution in [2.75, 3.05) is 25.0 Å². The highest BCUT2D eigenvalue weighted by Gasteiger charge is 2.31. The van der Waals surface area contributed by atoms with Crippen LogP contribution in [0.1, 0.15) is 18.4 Å². The molecule has 2 heterocycles. The molecule has 0 unspecified atom stereocenters. The first kappa shape index (κ1) is 14.4. The second kappa shape index (κ2) is 5.96. The fraction of sp³-hybridized carbons (Fsp3) is 0.583. The van der Waals surface area contributed by atoms with Crippen LogP contribution in [-0.2, 0) is 6.18 Å². The molecule has 19 heavy (non-hydrogen) atoms. The molecule has 1 fully saturated rings. The Hall–Kier alpha value is -1.01. The van der Waals surface area contributed by atoms with Crippen molar-refractivity contribution < 1.29 is 13.2 Å². The normalized spacial score (nSPS) is 20.3. The van der Waals surface area contributed by atoms with Gasteiger partial charge in [-0.15, -0.1) is 0 Å². The number of nitrogens with zero attached hydrogens (tertiary/aromatic N) is 1. The summed E-state index contributed by atoms with van der Waals surface area (Å²) >= 11 is 5.81. The third-order valence-corrected chi connectivity index (χ3v) is 3.41. The summed E-state index contributed by atoms with van der Waals surface area (Å²) in [6.07, 6.45) is -1.41. The average Bonchev–Trinajstić information content (AvgIpc) is 2.37. The monoisotopic (exact) mass is 293 g/mol. The van der Waals surface area contributed by atoms with E-state index in [4.69, 9.17) is 11.6 Å². The minimum atomic E-state index is -4.41. The van der Waals surface area contributed by atoms with E-state index < -0.39 is 11.7 Å².